The van der Waals surface area contributed by atoms with E-state index in [9.17, 15) is 0 Å². The molecule has 0 radical (unpaired) electrons. The Morgan fingerprint density at radius 3 is 2.35 bits per heavy atom. The van der Waals surface area contributed by atoms with Crippen molar-refractivity contribution in [2.24, 2.45) is 9.98 Å². The molecule has 0 saturated heterocycles. The van der Waals surface area contributed by atoms with Crippen molar-refractivity contribution in [3.05, 3.63) is 65.0 Å². The van der Waals surface area contributed by atoms with Crippen molar-refractivity contribution < 1.29 is 4.42 Å². The van der Waals surface area contributed by atoms with Gasteiger partial charge in [-0.25, -0.2) is 0 Å². The summed E-state index contributed by atoms with van der Waals surface area (Å²) in [6, 6.07) is 14.3. The van der Waals surface area contributed by atoms with Crippen LogP contribution in [0.2, 0.25) is 0 Å². The number of nitrogens with one attached hydrogen (secondary N) is 3. The third kappa shape index (κ3) is 3.15. The van der Waals surface area contributed by atoms with Gasteiger partial charge in [0.15, 0.2) is 0 Å². The summed E-state index contributed by atoms with van der Waals surface area (Å²) in [5, 5.41) is 8.66. The molecule has 0 atom stereocenters. The number of aliphatic imine (C=N–C) groups is 2. The van der Waals surface area contributed by atoms with Gasteiger partial charge in [0.2, 0.25) is 0 Å². The molecular weight excluding hydrogens is 388 g/mol. The molecule has 7 heteroatoms. The average molecular weight is 410 g/mol. The van der Waals surface area contributed by atoms with Crippen molar-refractivity contribution in [3.8, 4) is 0 Å². The first-order valence-corrected chi connectivity index (χ1v) is 10.4. The Morgan fingerprint density at radius 1 is 0.871 bits per heavy atom. The quantitative estimate of drug-likeness (QED) is 0.414. The number of anilines is 1. The van der Waals surface area contributed by atoms with Crippen LogP contribution in [-0.2, 0) is 0 Å². The van der Waals surface area contributed by atoms with Crippen LogP contribution in [0.4, 0.5) is 5.69 Å². The Balaban J connectivity index is 1.30. The Kier molecular flexibility index (Phi) is 4.06. The maximum atomic E-state index is 6.39. The molecule has 2 aliphatic rings. The van der Waals surface area contributed by atoms with E-state index in [-0.39, 0.29) is 0 Å². The van der Waals surface area contributed by atoms with E-state index in [1.165, 1.54) is 0 Å². The molecular formula is C24H22N6O. The normalized spacial score (nSPS) is 16.1. The van der Waals surface area contributed by atoms with Crippen molar-refractivity contribution in [2.45, 2.75) is 0 Å². The lowest BCUT2D eigenvalue weighted by Crippen LogP contribution is -2.19. The van der Waals surface area contributed by atoms with Crippen LogP contribution in [0.1, 0.15) is 22.6 Å². The fourth-order valence-electron chi connectivity index (χ4n) is 4.16. The zero-order valence-corrected chi connectivity index (χ0v) is 16.9. The highest BCUT2D eigenvalue weighted by molar-refractivity contribution is 6.05. The van der Waals surface area contributed by atoms with E-state index >= 15 is 0 Å². The molecule has 2 aromatic heterocycles. The number of benzene rings is 2. The lowest BCUT2D eigenvalue weighted by atomic mass is 10.1. The second kappa shape index (κ2) is 7.05. The fourth-order valence-corrected chi connectivity index (χ4v) is 4.16. The fraction of sp³-hybridized carbons (Fsp3) is 0.167. The molecule has 0 aliphatic carbocycles. The lowest BCUT2D eigenvalue weighted by molar-refractivity contribution is 0.604. The molecule has 2 aliphatic heterocycles. The summed E-state index contributed by atoms with van der Waals surface area (Å²) in [5.74, 6) is 2.66. The van der Waals surface area contributed by atoms with Crippen LogP contribution in [0.5, 0.6) is 0 Å². The summed E-state index contributed by atoms with van der Waals surface area (Å²) in [6.07, 6.45) is 3.90. The summed E-state index contributed by atoms with van der Waals surface area (Å²) >= 11 is 0. The van der Waals surface area contributed by atoms with E-state index in [2.05, 4.69) is 43.8 Å². The molecule has 5 N–H and O–H groups in total. The first-order valence-electron chi connectivity index (χ1n) is 10.4. The maximum Gasteiger partial charge on any atom is 0.134 e. The molecule has 6 rings (SSSR count). The van der Waals surface area contributed by atoms with Gasteiger partial charge in [0.05, 0.1) is 24.5 Å². The number of furan rings is 1. The highest BCUT2D eigenvalue weighted by Gasteiger charge is 2.13. The molecule has 4 heterocycles. The number of aromatic nitrogens is 1. The Morgan fingerprint density at radius 2 is 1.61 bits per heavy atom. The molecule has 0 amide bonds. The summed E-state index contributed by atoms with van der Waals surface area (Å²) in [6.45, 7) is 3.42. The predicted molar refractivity (Wildman–Crippen MR) is 127 cm³/mol. The van der Waals surface area contributed by atoms with E-state index in [1.807, 2.05) is 36.4 Å². The number of H-pyrrole nitrogens is 1. The van der Waals surface area contributed by atoms with Gasteiger partial charge in [-0.05, 0) is 42.5 Å². The van der Waals surface area contributed by atoms with Crippen molar-refractivity contribution in [3.63, 3.8) is 0 Å². The van der Waals surface area contributed by atoms with Crippen LogP contribution in [0.3, 0.4) is 0 Å². The number of amidine groups is 2. The van der Waals surface area contributed by atoms with Crippen LogP contribution in [0, 0.1) is 0 Å². The van der Waals surface area contributed by atoms with Crippen LogP contribution in [0.25, 0.3) is 34.0 Å². The molecule has 0 saturated carbocycles. The Hall–Kier alpha value is -4.00. The van der Waals surface area contributed by atoms with Gasteiger partial charge in [-0.2, -0.15) is 0 Å². The number of hydrogen-bond acceptors (Lipinski definition) is 6. The number of nitrogens with zero attached hydrogens (tertiary/aromatic N) is 2. The molecule has 0 unspecified atom stereocenters. The molecule has 0 bridgehead atoms. The van der Waals surface area contributed by atoms with E-state index < -0.39 is 0 Å². The van der Waals surface area contributed by atoms with Crippen LogP contribution in [-0.4, -0.2) is 42.8 Å². The zero-order chi connectivity index (χ0) is 20.8. The van der Waals surface area contributed by atoms with Crippen LogP contribution >= 0.6 is 0 Å². The van der Waals surface area contributed by atoms with Crippen LogP contribution < -0.4 is 16.4 Å². The minimum Gasteiger partial charge on any atom is -0.457 e. The smallest absolute Gasteiger partial charge is 0.134 e. The van der Waals surface area contributed by atoms with Gasteiger partial charge in [0.25, 0.3) is 0 Å². The monoisotopic (exact) mass is 410 g/mol. The van der Waals surface area contributed by atoms with E-state index in [1.54, 1.807) is 0 Å². The first-order chi connectivity index (χ1) is 15.2. The van der Waals surface area contributed by atoms with Gasteiger partial charge >= 0.3 is 0 Å². The van der Waals surface area contributed by atoms with E-state index in [0.29, 0.717) is 0 Å². The van der Waals surface area contributed by atoms with Gasteiger partial charge in [-0.1, -0.05) is 12.1 Å². The predicted octanol–water partition coefficient (Wildman–Crippen LogP) is 3.37. The van der Waals surface area contributed by atoms with Crippen molar-refractivity contribution >= 4 is 51.4 Å². The summed E-state index contributed by atoms with van der Waals surface area (Å²) in [5.41, 5.74) is 12.0. The van der Waals surface area contributed by atoms with Crippen molar-refractivity contribution in [1.29, 1.82) is 0 Å². The highest BCUT2D eigenvalue weighted by atomic mass is 16.3. The summed E-state index contributed by atoms with van der Waals surface area (Å²) in [4.78, 5) is 12.4. The van der Waals surface area contributed by atoms with E-state index in [4.69, 9.17) is 10.2 Å². The zero-order valence-electron chi connectivity index (χ0n) is 16.9. The number of aromatic amines is 1. The van der Waals surface area contributed by atoms with Gasteiger partial charge in [-0.15, -0.1) is 0 Å². The number of nitrogen functional groups attached to an aromatic ring is 1. The number of hydrogen-bond donors (Lipinski definition) is 4. The second-order valence-electron chi connectivity index (χ2n) is 7.76. The van der Waals surface area contributed by atoms with Crippen LogP contribution in [0.15, 0.2) is 56.9 Å². The van der Waals surface area contributed by atoms with Gasteiger partial charge in [0, 0.05) is 40.5 Å². The van der Waals surface area contributed by atoms with Crippen molar-refractivity contribution in [2.75, 3.05) is 31.9 Å². The van der Waals surface area contributed by atoms with Gasteiger partial charge < -0.3 is 25.8 Å². The van der Waals surface area contributed by atoms with E-state index in [0.717, 1.165) is 88.0 Å². The molecule has 0 fully saturated rings. The summed E-state index contributed by atoms with van der Waals surface area (Å²) < 4.78 is 5.98. The number of rotatable bonds is 4. The molecule has 31 heavy (non-hydrogen) atoms. The van der Waals surface area contributed by atoms with Gasteiger partial charge in [-0.3, -0.25) is 9.98 Å². The minimum absolute atomic E-state index is 0.725. The SMILES string of the molecule is Nc1c(/C=C/c2cc3cc(C4=NCCN4)ccc3o2)[nH]c2cc(C3=NCCN3)ccc12. The molecule has 154 valence electrons. The molecule has 2 aromatic carbocycles. The Labute approximate surface area is 178 Å². The second-order valence-corrected chi connectivity index (χ2v) is 7.76. The minimum atomic E-state index is 0.725. The lowest BCUT2D eigenvalue weighted by Gasteiger charge is -2.02. The first kappa shape index (κ1) is 17.8. The number of nitrogens with two attached hydrogens (primary N) is 1. The molecule has 4 aromatic rings. The average Bonchev–Trinajstić information content (AvgIpc) is 3.59. The topological polar surface area (TPSA) is 104 Å². The van der Waals surface area contributed by atoms with Crippen molar-refractivity contribution in [1.82, 2.24) is 15.6 Å². The largest absolute Gasteiger partial charge is 0.457 e. The maximum absolute atomic E-state index is 6.39. The molecule has 0 spiro atoms. The number of fused-ring (bicyclic) bond motifs is 2. The highest BCUT2D eigenvalue weighted by Crippen LogP contribution is 2.28. The molecule has 7 nitrogen and oxygen atoms in total. The van der Waals surface area contributed by atoms with Gasteiger partial charge in [0.1, 0.15) is 23.0 Å². The standard InChI is InChI=1S/C24H22N6O/c25-22-18-4-1-15(24-28-9-10-29-24)13-20(18)30-19(22)5-3-17-12-16-11-14(2-6-21(16)31-17)23-26-7-8-27-23/h1-6,11-13,30H,7-10,25H2,(H,26,27)(H,28,29)/b5-3+. The third-order valence-corrected chi connectivity index (χ3v) is 5.71. The third-order valence-electron chi connectivity index (χ3n) is 5.71. The Bertz CT molecular complexity index is 1400. The summed E-state index contributed by atoms with van der Waals surface area (Å²) in [7, 11) is 0.